The minimum Gasteiger partial charge on any atom is -0.371 e. The van der Waals surface area contributed by atoms with E-state index in [0.717, 1.165) is 42.7 Å². The van der Waals surface area contributed by atoms with E-state index in [1.54, 1.807) is 6.07 Å². The minimum absolute atomic E-state index is 0.00214. The molecule has 4 rings (SSSR count). The first kappa shape index (κ1) is 19.6. The fourth-order valence-corrected chi connectivity index (χ4v) is 4.59. The van der Waals surface area contributed by atoms with E-state index in [1.807, 2.05) is 24.0 Å². The smallest absolute Gasteiger partial charge is 0.225 e. The molecule has 154 valence electrons. The van der Waals surface area contributed by atoms with Crippen molar-refractivity contribution in [3.05, 3.63) is 35.8 Å². The SMILES string of the molecule is Cc1cc(N2CCC(C(=O)N3CCC(C(N)=O)CC3)CC2)c2cccc(F)c2n1. The number of nitrogens with zero attached hydrogens (tertiary/aromatic N) is 3. The van der Waals surface area contributed by atoms with Crippen LogP contribution in [-0.2, 0) is 9.59 Å². The molecule has 7 heteroatoms. The molecule has 0 radical (unpaired) electrons. The number of fused-ring (bicyclic) bond motifs is 1. The van der Waals surface area contributed by atoms with Gasteiger partial charge in [0.25, 0.3) is 0 Å². The standard InChI is InChI=1S/C22H27FN4O2/c1-14-13-19(17-3-2-4-18(23)20(17)25-14)26-9-7-16(8-10-26)22(29)27-11-5-15(6-12-27)21(24)28/h2-4,13,15-16H,5-12H2,1H3,(H2,24,28). The zero-order chi connectivity index (χ0) is 20.5. The van der Waals surface area contributed by atoms with Crippen molar-refractivity contribution in [2.45, 2.75) is 32.6 Å². The van der Waals surface area contributed by atoms with E-state index >= 15 is 0 Å². The molecule has 0 atom stereocenters. The van der Waals surface area contributed by atoms with Crippen LogP contribution in [0.25, 0.3) is 10.9 Å². The lowest BCUT2D eigenvalue weighted by Crippen LogP contribution is -2.46. The summed E-state index contributed by atoms with van der Waals surface area (Å²) < 4.78 is 14.2. The topological polar surface area (TPSA) is 79.5 Å². The van der Waals surface area contributed by atoms with Gasteiger partial charge >= 0.3 is 0 Å². The number of amides is 2. The first-order valence-corrected chi connectivity index (χ1v) is 10.3. The van der Waals surface area contributed by atoms with E-state index in [4.69, 9.17) is 5.73 Å². The third-order valence-corrected chi connectivity index (χ3v) is 6.29. The molecule has 0 saturated carbocycles. The predicted octanol–water partition coefficient (Wildman–Crippen LogP) is 2.62. The number of piperidine rings is 2. The van der Waals surface area contributed by atoms with Gasteiger partial charge in [0.05, 0.1) is 0 Å². The number of benzene rings is 1. The Morgan fingerprint density at radius 2 is 1.72 bits per heavy atom. The molecule has 0 unspecified atom stereocenters. The molecule has 0 bridgehead atoms. The number of pyridine rings is 1. The number of carbonyl (C=O) groups excluding carboxylic acids is 2. The second-order valence-corrected chi connectivity index (χ2v) is 8.18. The molecule has 1 aromatic heterocycles. The highest BCUT2D eigenvalue weighted by Gasteiger charge is 2.32. The molecule has 3 heterocycles. The van der Waals surface area contributed by atoms with Gasteiger partial charge in [0, 0.05) is 54.8 Å². The number of aryl methyl sites for hydroxylation is 1. The number of carbonyl (C=O) groups is 2. The molecular weight excluding hydrogens is 371 g/mol. The average molecular weight is 398 g/mol. The van der Waals surface area contributed by atoms with Gasteiger partial charge in [0.1, 0.15) is 11.3 Å². The van der Waals surface area contributed by atoms with Crippen LogP contribution in [-0.4, -0.2) is 47.9 Å². The maximum atomic E-state index is 14.2. The fourth-order valence-electron chi connectivity index (χ4n) is 4.59. The van der Waals surface area contributed by atoms with Crippen LogP contribution < -0.4 is 10.6 Å². The van der Waals surface area contributed by atoms with Gasteiger partial charge in [-0.05, 0) is 44.7 Å². The van der Waals surface area contributed by atoms with E-state index < -0.39 is 0 Å². The summed E-state index contributed by atoms with van der Waals surface area (Å²) >= 11 is 0. The number of anilines is 1. The quantitative estimate of drug-likeness (QED) is 0.862. The molecule has 6 nitrogen and oxygen atoms in total. The molecule has 1 aromatic carbocycles. The summed E-state index contributed by atoms with van der Waals surface area (Å²) in [5.41, 5.74) is 7.56. The maximum Gasteiger partial charge on any atom is 0.225 e. The lowest BCUT2D eigenvalue weighted by molar-refractivity contribution is -0.139. The van der Waals surface area contributed by atoms with Gasteiger partial charge < -0.3 is 15.5 Å². The Morgan fingerprint density at radius 1 is 1.07 bits per heavy atom. The van der Waals surface area contributed by atoms with E-state index in [0.29, 0.717) is 31.4 Å². The lowest BCUT2D eigenvalue weighted by atomic mass is 9.91. The van der Waals surface area contributed by atoms with Crippen LogP contribution in [0.5, 0.6) is 0 Å². The van der Waals surface area contributed by atoms with Gasteiger partial charge in [-0.15, -0.1) is 0 Å². The third-order valence-electron chi connectivity index (χ3n) is 6.29. The summed E-state index contributed by atoms with van der Waals surface area (Å²) in [5.74, 6) is -0.486. The lowest BCUT2D eigenvalue weighted by Gasteiger charge is -2.37. The predicted molar refractivity (Wildman–Crippen MR) is 110 cm³/mol. The van der Waals surface area contributed by atoms with Crippen molar-refractivity contribution in [2.75, 3.05) is 31.1 Å². The molecular formula is C22H27FN4O2. The van der Waals surface area contributed by atoms with Gasteiger partial charge in [-0.1, -0.05) is 12.1 Å². The third kappa shape index (κ3) is 3.91. The van der Waals surface area contributed by atoms with Crippen molar-refractivity contribution in [1.82, 2.24) is 9.88 Å². The summed E-state index contributed by atoms with van der Waals surface area (Å²) in [5, 5.41) is 0.814. The molecule has 2 N–H and O–H groups in total. The molecule has 29 heavy (non-hydrogen) atoms. The first-order valence-electron chi connectivity index (χ1n) is 10.3. The number of nitrogens with two attached hydrogens (primary N) is 1. The van der Waals surface area contributed by atoms with Crippen molar-refractivity contribution in [1.29, 1.82) is 0 Å². The second-order valence-electron chi connectivity index (χ2n) is 8.18. The number of likely N-dealkylation sites (tertiary alicyclic amines) is 1. The van der Waals surface area contributed by atoms with Gasteiger partial charge in [-0.2, -0.15) is 0 Å². The molecule has 2 aliphatic rings. The Bertz CT molecular complexity index is 932. The van der Waals surface area contributed by atoms with Crippen molar-refractivity contribution in [2.24, 2.45) is 17.6 Å². The number of aromatic nitrogens is 1. The van der Waals surface area contributed by atoms with Crippen LogP contribution in [0.1, 0.15) is 31.4 Å². The number of hydrogen-bond donors (Lipinski definition) is 1. The van der Waals surface area contributed by atoms with Gasteiger partial charge in [-0.3, -0.25) is 9.59 Å². The van der Waals surface area contributed by atoms with Crippen LogP contribution >= 0.6 is 0 Å². The number of halogens is 1. The van der Waals surface area contributed by atoms with E-state index in [-0.39, 0.29) is 29.5 Å². The minimum atomic E-state index is -0.308. The Labute approximate surface area is 169 Å². The second kappa shape index (κ2) is 7.97. The van der Waals surface area contributed by atoms with Crippen LogP contribution in [0.2, 0.25) is 0 Å². The largest absolute Gasteiger partial charge is 0.371 e. The summed E-state index contributed by atoms with van der Waals surface area (Å²) in [6, 6.07) is 7.05. The highest BCUT2D eigenvalue weighted by molar-refractivity contribution is 5.92. The van der Waals surface area contributed by atoms with E-state index in [9.17, 15) is 14.0 Å². The van der Waals surface area contributed by atoms with Crippen molar-refractivity contribution in [3.8, 4) is 0 Å². The van der Waals surface area contributed by atoms with E-state index in [1.165, 1.54) is 6.07 Å². The Balaban J connectivity index is 1.43. The van der Waals surface area contributed by atoms with Crippen LogP contribution in [0.15, 0.2) is 24.3 Å². The molecule has 2 aromatic rings. The molecule has 2 fully saturated rings. The van der Waals surface area contributed by atoms with Gasteiger partial charge in [-0.25, -0.2) is 9.37 Å². The van der Waals surface area contributed by atoms with Crippen LogP contribution in [0, 0.1) is 24.6 Å². The Kier molecular flexibility index (Phi) is 5.39. The highest BCUT2D eigenvalue weighted by atomic mass is 19.1. The van der Waals surface area contributed by atoms with Crippen LogP contribution in [0.4, 0.5) is 10.1 Å². The summed E-state index contributed by atoms with van der Waals surface area (Å²) in [7, 11) is 0. The molecule has 0 aliphatic carbocycles. The Morgan fingerprint density at radius 3 is 2.38 bits per heavy atom. The molecule has 2 amide bonds. The van der Waals surface area contributed by atoms with Crippen LogP contribution in [0.3, 0.4) is 0 Å². The first-order chi connectivity index (χ1) is 13.9. The number of primary amides is 1. The van der Waals surface area contributed by atoms with Crippen molar-refractivity contribution >= 4 is 28.4 Å². The highest BCUT2D eigenvalue weighted by Crippen LogP contribution is 2.32. The monoisotopic (exact) mass is 398 g/mol. The summed E-state index contributed by atoms with van der Waals surface area (Å²) in [4.78, 5) is 32.7. The zero-order valence-corrected chi connectivity index (χ0v) is 16.7. The number of para-hydroxylation sites is 1. The van der Waals surface area contributed by atoms with Crippen molar-refractivity contribution < 1.29 is 14.0 Å². The summed E-state index contributed by atoms with van der Waals surface area (Å²) in [6.45, 7) is 4.61. The maximum absolute atomic E-state index is 14.2. The van der Waals surface area contributed by atoms with Gasteiger partial charge in [0.15, 0.2) is 0 Å². The zero-order valence-electron chi connectivity index (χ0n) is 16.7. The molecule has 2 aliphatic heterocycles. The fraction of sp³-hybridized carbons (Fsp3) is 0.500. The van der Waals surface area contributed by atoms with Crippen molar-refractivity contribution in [3.63, 3.8) is 0 Å². The molecule has 0 spiro atoms. The average Bonchev–Trinajstić information content (AvgIpc) is 2.73. The van der Waals surface area contributed by atoms with Gasteiger partial charge in [0.2, 0.25) is 11.8 Å². The normalized spacial score (nSPS) is 19.0. The molecule has 2 saturated heterocycles. The Hall–Kier alpha value is -2.70. The van der Waals surface area contributed by atoms with E-state index in [2.05, 4.69) is 9.88 Å². The summed E-state index contributed by atoms with van der Waals surface area (Å²) in [6.07, 6.45) is 2.86. The number of hydrogen-bond acceptors (Lipinski definition) is 4. The number of rotatable bonds is 3.